The summed E-state index contributed by atoms with van der Waals surface area (Å²) in [4.78, 5) is 12.2. The number of ketones is 1. The molecule has 0 bridgehead atoms. The van der Waals surface area contributed by atoms with Crippen LogP contribution in [0.5, 0.6) is 0 Å². The van der Waals surface area contributed by atoms with Gasteiger partial charge in [0.25, 0.3) is 0 Å². The van der Waals surface area contributed by atoms with Gasteiger partial charge in [-0.05, 0) is 44.9 Å². The summed E-state index contributed by atoms with van der Waals surface area (Å²) in [6.07, 6.45) is 2.97. The second-order valence-corrected chi connectivity index (χ2v) is 4.56. The molecule has 1 fully saturated rings. The van der Waals surface area contributed by atoms with Crippen molar-refractivity contribution in [2.75, 3.05) is 6.54 Å². The second kappa shape index (κ2) is 4.34. The van der Waals surface area contributed by atoms with Crippen LogP contribution < -0.4 is 5.32 Å². The zero-order valence-corrected chi connectivity index (χ0v) is 9.42. The SMILES string of the molecule is CC1(C(=O)c2cccc(F)c2)CCCCN1. The van der Waals surface area contributed by atoms with Crippen molar-refractivity contribution >= 4 is 5.78 Å². The van der Waals surface area contributed by atoms with Crippen molar-refractivity contribution in [3.8, 4) is 0 Å². The van der Waals surface area contributed by atoms with Gasteiger partial charge in [0.1, 0.15) is 5.82 Å². The Morgan fingerprint density at radius 3 is 2.88 bits per heavy atom. The van der Waals surface area contributed by atoms with Crippen molar-refractivity contribution in [3.63, 3.8) is 0 Å². The molecule has 0 amide bonds. The zero-order valence-electron chi connectivity index (χ0n) is 9.42. The maximum Gasteiger partial charge on any atom is 0.182 e. The van der Waals surface area contributed by atoms with E-state index in [1.165, 1.54) is 12.1 Å². The molecule has 0 saturated carbocycles. The molecule has 16 heavy (non-hydrogen) atoms. The van der Waals surface area contributed by atoms with Gasteiger partial charge in [0.15, 0.2) is 5.78 Å². The molecular weight excluding hydrogens is 205 g/mol. The number of benzene rings is 1. The van der Waals surface area contributed by atoms with Crippen LogP contribution in [-0.4, -0.2) is 17.9 Å². The van der Waals surface area contributed by atoms with E-state index in [4.69, 9.17) is 0 Å². The van der Waals surface area contributed by atoms with E-state index in [1.54, 1.807) is 12.1 Å². The minimum Gasteiger partial charge on any atom is -0.305 e. The first-order valence-electron chi connectivity index (χ1n) is 5.67. The van der Waals surface area contributed by atoms with Gasteiger partial charge in [-0.25, -0.2) is 4.39 Å². The first-order chi connectivity index (χ1) is 7.62. The minimum atomic E-state index is -0.522. The molecule has 2 rings (SSSR count). The molecule has 3 heteroatoms. The van der Waals surface area contributed by atoms with Gasteiger partial charge in [-0.3, -0.25) is 4.79 Å². The van der Waals surface area contributed by atoms with Crippen molar-refractivity contribution in [2.45, 2.75) is 31.7 Å². The fourth-order valence-corrected chi connectivity index (χ4v) is 2.20. The van der Waals surface area contributed by atoms with Gasteiger partial charge in [0, 0.05) is 5.56 Å². The number of carbonyl (C=O) groups is 1. The number of halogens is 1. The van der Waals surface area contributed by atoms with E-state index in [-0.39, 0.29) is 11.6 Å². The number of nitrogens with one attached hydrogen (secondary N) is 1. The molecule has 1 unspecified atom stereocenters. The van der Waals surface area contributed by atoms with Crippen LogP contribution in [-0.2, 0) is 0 Å². The molecule has 2 nitrogen and oxygen atoms in total. The monoisotopic (exact) mass is 221 g/mol. The van der Waals surface area contributed by atoms with Gasteiger partial charge >= 0.3 is 0 Å². The van der Waals surface area contributed by atoms with Crippen LogP contribution in [0.2, 0.25) is 0 Å². The van der Waals surface area contributed by atoms with Gasteiger partial charge in [-0.15, -0.1) is 0 Å². The summed E-state index contributed by atoms with van der Waals surface area (Å²) in [6, 6.07) is 5.92. The highest BCUT2D eigenvalue weighted by Gasteiger charge is 2.34. The molecule has 1 aromatic carbocycles. The molecule has 1 aliphatic heterocycles. The van der Waals surface area contributed by atoms with E-state index in [1.807, 2.05) is 6.92 Å². The van der Waals surface area contributed by atoms with Crippen LogP contribution >= 0.6 is 0 Å². The van der Waals surface area contributed by atoms with Crippen molar-refractivity contribution in [1.82, 2.24) is 5.32 Å². The second-order valence-electron chi connectivity index (χ2n) is 4.56. The molecule has 1 aromatic rings. The molecule has 86 valence electrons. The predicted molar refractivity (Wildman–Crippen MR) is 61.0 cm³/mol. The molecule has 0 spiro atoms. The Bertz CT molecular complexity index is 397. The Labute approximate surface area is 94.9 Å². The average Bonchev–Trinajstić information content (AvgIpc) is 2.29. The quantitative estimate of drug-likeness (QED) is 0.777. The van der Waals surface area contributed by atoms with Gasteiger partial charge in [-0.1, -0.05) is 12.1 Å². The zero-order chi connectivity index (χ0) is 11.6. The molecule has 0 aliphatic carbocycles. The number of hydrogen-bond acceptors (Lipinski definition) is 2. The van der Waals surface area contributed by atoms with Crippen molar-refractivity contribution < 1.29 is 9.18 Å². The van der Waals surface area contributed by atoms with Crippen LogP contribution in [0.15, 0.2) is 24.3 Å². The molecule has 1 heterocycles. The van der Waals surface area contributed by atoms with Crippen LogP contribution in [0, 0.1) is 5.82 Å². The van der Waals surface area contributed by atoms with E-state index in [0.29, 0.717) is 5.56 Å². The van der Waals surface area contributed by atoms with E-state index in [9.17, 15) is 9.18 Å². The fraction of sp³-hybridized carbons (Fsp3) is 0.462. The van der Waals surface area contributed by atoms with Gasteiger partial charge in [0.05, 0.1) is 5.54 Å². The minimum absolute atomic E-state index is 0.00769. The Kier molecular flexibility index (Phi) is 3.06. The van der Waals surface area contributed by atoms with Crippen LogP contribution in [0.1, 0.15) is 36.5 Å². The predicted octanol–water partition coefficient (Wildman–Crippen LogP) is 2.54. The van der Waals surface area contributed by atoms with Gasteiger partial charge in [-0.2, -0.15) is 0 Å². The maximum atomic E-state index is 13.0. The standard InChI is InChI=1S/C13H16FNO/c1-13(7-2-3-8-15-13)12(16)10-5-4-6-11(14)9-10/h4-6,9,15H,2-3,7-8H2,1H3. The highest BCUT2D eigenvalue weighted by Crippen LogP contribution is 2.23. The smallest absolute Gasteiger partial charge is 0.182 e. The lowest BCUT2D eigenvalue weighted by Crippen LogP contribution is -2.52. The summed E-state index contributed by atoms with van der Waals surface area (Å²) in [5.74, 6) is -0.364. The molecule has 1 aliphatic rings. The summed E-state index contributed by atoms with van der Waals surface area (Å²) in [7, 11) is 0. The van der Waals surface area contributed by atoms with Gasteiger partial charge < -0.3 is 5.32 Å². The molecule has 1 atom stereocenters. The third-order valence-corrected chi connectivity index (χ3v) is 3.21. The average molecular weight is 221 g/mol. The molecular formula is C13H16FNO. The van der Waals surface area contributed by atoms with Gasteiger partial charge in [0.2, 0.25) is 0 Å². The third kappa shape index (κ3) is 2.14. The Morgan fingerprint density at radius 2 is 2.25 bits per heavy atom. The maximum absolute atomic E-state index is 13.0. The van der Waals surface area contributed by atoms with E-state index < -0.39 is 5.54 Å². The lowest BCUT2D eigenvalue weighted by molar-refractivity contribution is 0.0834. The summed E-state index contributed by atoms with van der Waals surface area (Å²) in [5, 5.41) is 3.24. The van der Waals surface area contributed by atoms with Crippen LogP contribution in [0.25, 0.3) is 0 Å². The molecule has 1 saturated heterocycles. The number of carbonyl (C=O) groups excluding carboxylic acids is 1. The van der Waals surface area contributed by atoms with Crippen LogP contribution in [0.3, 0.4) is 0 Å². The summed E-state index contributed by atoms with van der Waals surface area (Å²) in [6.45, 7) is 2.76. The Hall–Kier alpha value is -1.22. The number of rotatable bonds is 2. The topological polar surface area (TPSA) is 29.1 Å². The Balaban J connectivity index is 2.24. The normalized spacial score (nSPS) is 25.4. The van der Waals surface area contributed by atoms with Crippen molar-refractivity contribution in [3.05, 3.63) is 35.6 Å². The largest absolute Gasteiger partial charge is 0.305 e. The van der Waals surface area contributed by atoms with E-state index in [0.717, 1.165) is 25.8 Å². The van der Waals surface area contributed by atoms with E-state index in [2.05, 4.69) is 5.32 Å². The fourth-order valence-electron chi connectivity index (χ4n) is 2.20. The molecule has 0 aromatic heterocycles. The van der Waals surface area contributed by atoms with Crippen molar-refractivity contribution in [1.29, 1.82) is 0 Å². The van der Waals surface area contributed by atoms with Crippen LogP contribution in [0.4, 0.5) is 4.39 Å². The molecule has 0 radical (unpaired) electrons. The first kappa shape index (κ1) is 11.3. The number of hydrogen-bond donors (Lipinski definition) is 1. The number of Topliss-reactive ketones (excluding diaryl/α,β-unsaturated/α-hetero) is 1. The summed E-state index contributed by atoms with van der Waals surface area (Å²) in [5.41, 5.74) is -0.0663. The first-order valence-corrected chi connectivity index (χ1v) is 5.67. The summed E-state index contributed by atoms with van der Waals surface area (Å²) >= 11 is 0. The highest BCUT2D eigenvalue weighted by atomic mass is 19.1. The highest BCUT2D eigenvalue weighted by molar-refractivity contribution is 6.03. The lowest BCUT2D eigenvalue weighted by Gasteiger charge is -2.33. The number of piperidine rings is 1. The molecule has 1 N–H and O–H groups in total. The van der Waals surface area contributed by atoms with E-state index >= 15 is 0 Å². The Morgan fingerprint density at radius 1 is 1.44 bits per heavy atom. The van der Waals surface area contributed by atoms with Crippen molar-refractivity contribution in [2.24, 2.45) is 0 Å². The lowest BCUT2D eigenvalue weighted by atomic mass is 9.84. The third-order valence-electron chi connectivity index (χ3n) is 3.21. The summed E-state index contributed by atoms with van der Waals surface area (Å²) < 4.78 is 13.0.